The molecule has 0 spiro atoms. The summed E-state index contributed by atoms with van der Waals surface area (Å²) in [6, 6.07) is 3.76. The summed E-state index contributed by atoms with van der Waals surface area (Å²) in [7, 11) is 0. The van der Waals surface area contributed by atoms with E-state index in [0.29, 0.717) is 0 Å². The van der Waals surface area contributed by atoms with Gasteiger partial charge in [-0.05, 0) is 26.8 Å². The Bertz CT molecular complexity index is 1180. The number of aromatic nitrogens is 1. The molecule has 0 aromatic carbocycles. The quantitative estimate of drug-likeness (QED) is 0.251. The third-order valence-electron chi connectivity index (χ3n) is 4.31. The van der Waals surface area contributed by atoms with Gasteiger partial charge < -0.3 is 16.2 Å². The zero-order valence-corrected chi connectivity index (χ0v) is 21.4. The summed E-state index contributed by atoms with van der Waals surface area (Å²) in [5.74, 6) is -0.568. The molecule has 0 fully saturated rings. The van der Waals surface area contributed by atoms with Crippen molar-refractivity contribution in [3.05, 3.63) is 82.8 Å². The molecule has 0 bridgehead atoms. The standard InChI is InChI=1S/C24H25N5O2.Zn/c1-15-5-6-16(27-15)11-17-7-8-18(28-17)12-19-9-10-20(29-19)13-22(26)21(14-25)23(30)31-24(2,3)4;/h1,5-14,29H,25-26H2,2-4H3;. The van der Waals surface area contributed by atoms with Crippen molar-refractivity contribution in [3.63, 3.8) is 0 Å². The number of nitrogens with zero attached hydrogens (tertiary/aromatic N) is 2. The molecule has 32 heavy (non-hydrogen) atoms. The molecule has 0 saturated carbocycles. The van der Waals surface area contributed by atoms with E-state index in [1.807, 2.05) is 48.6 Å². The molecular formula is C24H25N5O2Zn. The van der Waals surface area contributed by atoms with E-state index >= 15 is 0 Å². The molecule has 0 amide bonds. The Morgan fingerprint density at radius 1 is 1.03 bits per heavy atom. The number of aliphatic imine (C=N–C) groups is 2. The first-order chi connectivity index (χ1) is 15.2. The molecule has 2 aliphatic rings. The van der Waals surface area contributed by atoms with E-state index in [2.05, 4.69) is 19.6 Å². The number of carbonyl (C=O) groups is 1. The molecule has 1 aromatic heterocycles. The van der Waals surface area contributed by atoms with Crippen LogP contribution in [0, 0.1) is 0 Å². The molecule has 3 rings (SSSR count). The van der Waals surface area contributed by atoms with Gasteiger partial charge in [-0.1, -0.05) is 0 Å². The molecule has 3 heterocycles. The zero-order valence-electron chi connectivity index (χ0n) is 18.4. The molecule has 5 N–H and O–H groups in total. The van der Waals surface area contributed by atoms with E-state index in [1.54, 1.807) is 26.8 Å². The third kappa shape index (κ3) is 6.31. The van der Waals surface area contributed by atoms with Crippen molar-refractivity contribution in [2.75, 3.05) is 0 Å². The average Bonchev–Trinajstić information content (AvgIpc) is 3.44. The molecule has 160 valence electrons. The number of allylic oxidation sites excluding steroid dienone is 5. The Morgan fingerprint density at radius 3 is 2.28 bits per heavy atom. The number of hydrogen-bond donors (Lipinski definition) is 3. The molecule has 0 unspecified atom stereocenters. The van der Waals surface area contributed by atoms with Crippen molar-refractivity contribution < 1.29 is 27.4 Å². The predicted molar refractivity (Wildman–Crippen MR) is 126 cm³/mol. The number of H-pyrrole nitrogens is 1. The van der Waals surface area contributed by atoms with Crippen LogP contribution >= 0.6 is 0 Å². The van der Waals surface area contributed by atoms with Gasteiger partial charge in [-0.3, -0.25) is 0 Å². The topological polar surface area (TPSA) is 119 Å². The first-order valence-corrected chi connectivity index (χ1v) is 11.8. The van der Waals surface area contributed by atoms with Gasteiger partial charge in [-0.25, -0.2) is 4.79 Å². The Balaban J connectivity index is 1.72. The maximum absolute atomic E-state index is 12.3. The Kier molecular flexibility index (Phi) is 7.16. The number of nitrogens with two attached hydrogens (primary N) is 2. The molecule has 2 aliphatic heterocycles. The fourth-order valence-corrected chi connectivity index (χ4v) is 3.39. The number of ether oxygens (including phenoxy) is 1. The molecule has 0 saturated heterocycles. The van der Waals surface area contributed by atoms with Crippen LogP contribution in [0.5, 0.6) is 0 Å². The van der Waals surface area contributed by atoms with Gasteiger partial charge in [-0.15, -0.1) is 0 Å². The molecule has 0 radical (unpaired) electrons. The first kappa shape index (κ1) is 23.3. The molecule has 0 atom stereocenters. The third-order valence-corrected chi connectivity index (χ3v) is 5.19. The van der Waals surface area contributed by atoms with Crippen LogP contribution in [0.4, 0.5) is 0 Å². The Morgan fingerprint density at radius 2 is 1.66 bits per heavy atom. The maximum atomic E-state index is 12.3. The number of nitrogens with one attached hydrogen (secondary N) is 1. The van der Waals surface area contributed by atoms with E-state index in [1.165, 1.54) is 0 Å². The molecular weight excluding hydrogens is 456 g/mol. The predicted octanol–water partition coefficient (Wildman–Crippen LogP) is 3.09. The van der Waals surface area contributed by atoms with Gasteiger partial charge in [0.2, 0.25) is 0 Å². The van der Waals surface area contributed by atoms with Gasteiger partial charge in [0.1, 0.15) is 5.60 Å². The second kappa shape index (κ2) is 9.83. The summed E-state index contributed by atoms with van der Waals surface area (Å²) in [4.78, 5) is 24.6. The molecule has 7 nitrogen and oxygen atoms in total. The number of esters is 1. The van der Waals surface area contributed by atoms with Crippen molar-refractivity contribution in [2.45, 2.75) is 26.4 Å². The summed E-state index contributed by atoms with van der Waals surface area (Å²) < 4.78 is 7.43. The minimum atomic E-state index is -0.639. The Hall–Kier alpha value is -3.38. The van der Waals surface area contributed by atoms with Crippen LogP contribution in [0.15, 0.2) is 81.4 Å². The number of hydrogen-bond acceptors (Lipinski definition) is 6. The van der Waals surface area contributed by atoms with Crippen LogP contribution in [-0.2, 0) is 27.4 Å². The normalized spacial score (nSPS) is 19.0. The van der Waals surface area contributed by atoms with Gasteiger partial charge in [0, 0.05) is 11.9 Å². The van der Waals surface area contributed by atoms with Gasteiger partial charge in [0.25, 0.3) is 0 Å². The first-order valence-electron chi connectivity index (χ1n) is 10.1. The fraction of sp³-hybridized carbons (Fsp3) is 0.167. The zero-order chi connectivity index (χ0) is 23.3. The van der Waals surface area contributed by atoms with Crippen LogP contribution in [0.25, 0.3) is 12.2 Å². The van der Waals surface area contributed by atoms with Gasteiger partial charge in [-0.2, -0.15) is 0 Å². The summed E-state index contributed by atoms with van der Waals surface area (Å²) >= 11 is 1.08. The summed E-state index contributed by atoms with van der Waals surface area (Å²) in [5, 5.41) is 0. The second-order valence-electron chi connectivity index (χ2n) is 8.13. The van der Waals surface area contributed by atoms with E-state index in [4.69, 9.17) is 16.2 Å². The monoisotopic (exact) mass is 479 g/mol. The SMILES string of the molecule is CC(C)(C)OC(=O)C(=CN)C(N)=Cc1ccc(C=C2C=CC(C=C3C=CC([CH]=[Zn])=N3)=N2)[nH]1. The van der Waals surface area contributed by atoms with Crippen molar-refractivity contribution in [3.8, 4) is 0 Å². The van der Waals surface area contributed by atoms with E-state index < -0.39 is 11.6 Å². The van der Waals surface area contributed by atoms with Gasteiger partial charge in [0.15, 0.2) is 0 Å². The van der Waals surface area contributed by atoms with Gasteiger partial charge >= 0.3 is 126 Å². The molecule has 8 heteroatoms. The van der Waals surface area contributed by atoms with E-state index in [-0.39, 0.29) is 11.3 Å². The summed E-state index contributed by atoms with van der Waals surface area (Å²) in [6.45, 7) is 5.35. The van der Waals surface area contributed by atoms with Crippen LogP contribution < -0.4 is 11.5 Å². The van der Waals surface area contributed by atoms with E-state index in [0.717, 1.165) is 58.3 Å². The van der Waals surface area contributed by atoms with Crippen molar-refractivity contribution in [1.82, 2.24) is 4.98 Å². The van der Waals surface area contributed by atoms with Crippen LogP contribution in [0.2, 0.25) is 0 Å². The molecule has 1 aromatic rings. The number of carbonyl (C=O) groups excluding carboxylic acids is 1. The minimum absolute atomic E-state index is 0.116. The summed E-state index contributed by atoms with van der Waals surface area (Å²) in [6.07, 6.45) is 14.5. The number of rotatable bonds is 6. The van der Waals surface area contributed by atoms with Crippen LogP contribution in [0.3, 0.4) is 0 Å². The van der Waals surface area contributed by atoms with Crippen LogP contribution in [-0.4, -0.2) is 32.6 Å². The van der Waals surface area contributed by atoms with E-state index in [9.17, 15) is 4.79 Å². The summed E-state index contributed by atoms with van der Waals surface area (Å²) in [5.41, 5.74) is 16.5. The Labute approximate surface area is 196 Å². The second-order valence-corrected chi connectivity index (χ2v) is 8.99. The number of aromatic amines is 1. The van der Waals surface area contributed by atoms with Crippen molar-refractivity contribution in [1.29, 1.82) is 0 Å². The van der Waals surface area contributed by atoms with Crippen LogP contribution in [0.1, 0.15) is 32.2 Å². The van der Waals surface area contributed by atoms with Crippen molar-refractivity contribution in [2.24, 2.45) is 21.5 Å². The van der Waals surface area contributed by atoms with Crippen molar-refractivity contribution >= 4 is 34.2 Å². The average molecular weight is 481 g/mol. The van der Waals surface area contributed by atoms with Gasteiger partial charge in [0.05, 0.1) is 5.57 Å². The fourth-order valence-electron chi connectivity index (χ4n) is 2.91. The molecule has 0 aliphatic carbocycles.